The summed E-state index contributed by atoms with van der Waals surface area (Å²) in [5.41, 5.74) is 3.36. The molecule has 2 aromatic carbocycles. The van der Waals surface area contributed by atoms with Crippen LogP contribution in [0.5, 0.6) is 0 Å². The van der Waals surface area contributed by atoms with E-state index in [1.165, 1.54) is 5.56 Å². The molecule has 1 fully saturated rings. The van der Waals surface area contributed by atoms with E-state index in [4.69, 9.17) is 5.11 Å². The van der Waals surface area contributed by atoms with Gasteiger partial charge in [0.15, 0.2) is 0 Å². The number of amides is 2. The van der Waals surface area contributed by atoms with Gasteiger partial charge in [-0.25, -0.2) is 4.79 Å². The van der Waals surface area contributed by atoms with Crippen molar-refractivity contribution in [3.05, 3.63) is 70.8 Å². The number of hydrogen-bond donors (Lipinski definition) is 1. The first-order valence-corrected chi connectivity index (χ1v) is 9.86. The van der Waals surface area contributed by atoms with Gasteiger partial charge in [0.05, 0.1) is 12.0 Å². The number of benzene rings is 2. The molecule has 0 aliphatic carbocycles. The Hall–Kier alpha value is -3.15. The number of carboxylic acids is 1. The molecule has 0 bridgehead atoms. The zero-order valence-electron chi connectivity index (χ0n) is 16.6. The molecule has 0 spiro atoms. The minimum absolute atomic E-state index is 0.0675. The summed E-state index contributed by atoms with van der Waals surface area (Å²) in [6.45, 7) is 4.24. The van der Waals surface area contributed by atoms with Crippen LogP contribution < -0.4 is 0 Å². The van der Waals surface area contributed by atoms with E-state index < -0.39 is 5.97 Å². The van der Waals surface area contributed by atoms with Crippen molar-refractivity contribution in [1.82, 2.24) is 9.80 Å². The van der Waals surface area contributed by atoms with E-state index in [0.717, 1.165) is 11.1 Å². The number of aromatic carboxylic acids is 1. The van der Waals surface area contributed by atoms with Gasteiger partial charge in [0, 0.05) is 32.6 Å². The van der Waals surface area contributed by atoms with Gasteiger partial charge in [0.1, 0.15) is 0 Å². The zero-order valence-corrected chi connectivity index (χ0v) is 16.6. The number of rotatable bonds is 6. The number of carboxylic acid groups (broad SMARTS) is 1. The summed E-state index contributed by atoms with van der Waals surface area (Å²) >= 11 is 0. The van der Waals surface area contributed by atoms with Crippen molar-refractivity contribution < 1.29 is 19.5 Å². The summed E-state index contributed by atoms with van der Waals surface area (Å²) in [7, 11) is 0. The normalized spacial score (nSPS) is 14.0. The van der Waals surface area contributed by atoms with Crippen molar-refractivity contribution in [1.29, 1.82) is 0 Å². The van der Waals surface area contributed by atoms with Crippen molar-refractivity contribution in [3.8, 4) is 0 Å². The van der Waals surface area contributed by atoms with Crippen molar-refractivity contribution in [3.63, 3.8) is 0 Å². The molecule has 1 aliphatic heterocycles. The Balaban J connectivity index is 1.43. The van der Waals surface area contributed by atoms with Crippen LogP contribution in [0.1, 0.15) is 33.5 Å². The summed E-state index contributed by atoms with van der Waals surface area (Å²) < 4.78 is 0. The third-order valence-electron chi connectivity index (χ3n) is 5.29. The molecular weight excluding hydrogens is 368 g/mol. The maximum atomic E-state index is 12.5. The summed E-state index contributed by atoms with van der Waals surface area (Å²) in [5.74, 6) is -0.792. The fourth-order valence-electron chi connectivity index (χ4n) is 3.42. The lowest BCUT2D eigenvalue weighted by Gasteiger charge is -2.35. The quantitative estimate of drug-likeness (QED) is 0.817. The van der Waals surface area contributed by atoms with Crippen LogP contribution in [0.2, 0.25) is 0 Å². The van der Waals surface area contributed by atoms with Gasteiger partial charge in [-0.2, -0.15) is 0 Å². The Morgan fingerprint density at radius 2 is 1.31 bits per heavy atom. The van der Waals surface area contributed by atoms with Gasteiger partial charge in [0.2, 0.25) is 11.8 Å². The first kappa shape index (κ1) is 20.6. The smallest absolute Gasteiger partial charge is 0.335 e. The lowest BCUT2D eigenvalue weighted by atomic mass is 10.1. The molecule has 1 heterocycles. The molecule has 1 aliphatic rings. The highest BCUT2D eigenvalue weighted by Crippen LogP contribution is 2.11. The molecule has 1 N–H and O–H groups in total. The van der Waals surface area contributed by atoms with Crippen LogP contribution in [0.4, 0.5) is 0 Å². The van der Waals surface area contributed by atoms with Crippen LogP contribution in [0.3, 0.4) is 0 Å². The molecule has 2 aromatic rings. The highest BCUT2D eigenvalue weighted by atomic mass is 16.4. The van der Waals surface area contributed by atoms with E-state index in [1.54, 1.807) is 29.2 Å². The monoisotopic (exact) mass is 394 g/mol. The molecule has 6 nitrogen and oxygen atoms in total. The van der Waals surface area contributed by atoms with E-state index in [0.29, 0.717) is 45.4 Å². The van der Waals surface area contributed by atoms with Crippen molar-refractivity contribution in [2.45, 2.75) is 26.2 Å². The van der Waals surface area contributed by atoms with Crippen LogP contribution in [0.15, 0.2) is 48.5 Å². The maximum Gasteiger partial charge on any atom is 0.335 e. The number of carbonyl (C=O) groups excluding carboxylic acids is 2. The van der Waals surface area contributed by atoms with Gasteiger partial charge >= 0.3 is 5.97 Å². The summed E-state index contributed by atoms with van der Waals surface area (Å²) in [4.78, 5) is 39.5. The van der Waals surface area contributed by atoms with E-state index in [2.05, 4.69) is 0 Å². The lowest BCUT2D eigenvalue weighted by molar-refractivity contribution is -0.139. The molecular formula is C23H26N2O4. The lowest BCUT2D eigenvalue weighted by Crippen LogP contribution is -2.51. The van der Waals surface area contributed by atoms with Gasteiger partial charge in [-0.05, 0) is 36.6 Å². The standard InChI is InChI=1S/C23H26N2O4/c1-17-2-4-19(5-3-17)16-22(27)25-14-12-24(13-15-25)21(26)11-8-18-6-9-20(10-7-18)23(28)29/h2-7,9-10H,8,11-16H2,1H3,(H,28,29). The van der Waals surface area contributed by atoms with Gasteiger partial charge in [-0.15, -0.1) is 0 Å². The highest BCUT2D eigenvalue weighted by molar-refractivity contribution is 5.87. The first-order chi connectivity index (χ1) is 13.9. The number of nitrogens with zero attached hydrogens (tertiary/aromatic N) is 2. The Morgan fingerprint density at radius 1 is 0.793 bits per heavy atom. The largest absolute Gasteiger partial charge is 0.478 e. The Bertz CT molecular complexity index is 867. The molecule has 0 unspecified atom stereocenters. The molecule has 29 heavy (non-hydrogen) atoms. The van der Waals surface area contributed by atoms with E-state index >= 15 is 0 Å². The van der Waals surface area contributed by atoms with Crippen molar-refractivity contribution in [2.24, 2.45) is 0 Å². The van der Waals surface area contributed by atoms with Crippen molar-refractivity contribution in [2.75, 3.05) is 26.2 Å². The fraction of sp³-hybridized carbons (Fsp3) is 0.348. The van der Waals surface area contributed by atoms with E-state index in [-0.39, 0.29) is 17.4 Å². The van der Waals surface area contributed by atoms with E-state index in [9.17, 15) is 14.4 Å². The molecule has 152 valence electrons. The molecule has 3 rings (SSSR count). The summed E-state index contributed by atoms with van der Waals surface area (Å²) in [6.07, 6.45) is 1.34. The number of piperazine rings is 1. The van der Waals surface area contributed by atoms with Gasteiger partial charge in [0.25, 0.3) is 0 Å². The number of aryl methyl sites for hydroxylation is 2. The minimum atomic E-state index is -0.956. The highest BCUT2D eigenvalue weighted by Gasteiger charge is 2.23. The second-order valence-corrected chi connectivity index (χ2v) is 7.43. The number of hydrogen-bond acceptors (Lipinski definition) is 3. The van der Waals surface area contributed by atoms with Crippen LogP contribution in [0, 0.1) is 6.92 Å². The molecule has 0 radical (unpaired) electrons. The minimum Gasteiger partial charge on any atom is -0.478 e. The second-order valence-electron chi connectivity index (χ2n) is 7.43. The summed E-state index contributed by atoms with van der Waals surface area (Å²) in [5, 5.41) is 8.93. The SMILES string of the molecule is Cc1ccc(CC(=O)N2CCN(C(=O)CCc3ccc(C(=O)O)cc3)CC2)cc1. The Morgan fingerprint density at radius 3 is 1.86 bits per heavy atom. The Labute approximate surface area is 170 Å². The van der Waals surface area contributed by atoms with Gasteiger partial charge in [-0.1, -0.05) is 42.0 Å². The average Bonchev–Trinajstić information content (AvgIpc) is 2.74. The topological polar surface area (TPSA) is 77.9 Å². The molecule has 0 saturated carbocycles. The average molecular weight is 394 g/mol. The van der Waals surface area contributed by atoms with Crippen LogP contribution >= 0.6 is 0 Å². The maximum absolute atomic E-state index is 12.5. The third-order valence-corrected chi connectivity index (χ3v) is 5.29. The zero-order chi connectivity index (χ0) is 20.8. The third kappa shape index (κ3) is 5.67. The van der Waals surface area contributed by atoms with Gasteiger partial charge in [-0.3, -0.25) is 9.59 Å². The van der Waals surface area contributed by atoms with Crippen LogP contribution in [0.25, 0.3) is 0 Å². The molecule has 2 amide bonds. The molecule has 0 atom stereocenters. The summed E-state index contributed by atoms with van der Waals surface area (Å²) in [6, 6.07) is 14.6. The molecule has 0 aromatic heterocycles. The molecule has 1 saturated heterocycles. The molecule has 6 heteroatoms. The van der Waals surface area contributed by atoms with E-state index in [1.807, 2.05) is 36.1 Å². The Kier molecular flexibility index (Phi) is 6.65. The first-order valence-electron chi connectivity index (χ1n) is 9.86. The van der Waals surface area contributed by atoms with Crippen LogP contribution in [-0.4, -0.2) is 58.9 Å². The second kappa shape index (κ2) is 9.37. The number of carbonyl (C=O) groups is 3. The fourth-order valence-corrected chi connectivity index (χ4v) is 3.42. The predicted molar refractivity (Wildman–Crippen MR) is 110 cm³/mol. The predicted octanol–water partition coefficient (Wildman–Crippen LogP) is 2.54. The van der Waals surface area contributed by atoms with Gasteiger partial charge < -0.3 is 14.9 Å². The van der Waals surface area contributed by atoms with Crippen LogP contribution in [-0.2, 0) is 22.4 Å². The van der Waals surface area contributed by atoms with Crippen molar-refractivity contribution >= 4 is 17.8 Å².